The van der Waals surface area contributed by atoms with Crippen molar-refractivity contribution < 1.29 is 4.42 Å². The number of aliphatic imine (C=N–C) groups is 1. The topological polar surface area (TPSA) is 25.5 Å². The largest absolute Gasteiger partial charge is 0.472 e. The Morgan fingerprint density at radius 3 is 2.79 bits per heavy atom. The smallest absolute Gasteiger partial charge is 0.0990 e. The number of para-hydroxylation sites is 1. The van der Waals surface area contributed by atoms with Crippen LogP contribution in [-0.4, -0.2) is 6.21 Å². The molecule has 0 amide bonds. The maximum absolute atomic E-state index is 4.92. The lowest BCUT2D eigenvalue weighted by molar-refractivity contribution is 0.567. The van der Waals surface area contributed by atoms with Crippen LogP contribution in [0.3, 0.4) is 0 Å². The Hall–Kier alpha value is -1.48. The minimum Gasteiger partial charge on any atom is -0.472 e. The maximum Gasteiger partial charge on any atom is 0.0990 e. The van der Waals surface area contributed by atoms with E-state index in [9.17, 15) is 0 Å². The summed E-state index contributed by atoms with van der Waals surface area (Å²) in [7, 11) is 0. The second-order valence-corrected chi connectivity index (χ2v) is 3.29. The first-order chi connectivity index (χ1) is 6.86. The van der Waals surface area contributed by atoms with E-state index in [-0.39, 0.29) is 0 Å². The SMILES string of the molecule is Sc1ccccc1N=Cc1ccoc1. The normalized spacial score (nSPS) is 10.9. The van der Waals surface area contributed by atoms with Crippen molar-refractivity contribution in [1.82, 2.24) is 0 Å². The zero-order valence-corrected chi connectivity index (χ0v) is 8.32. The number of hydrogen-bond acceptors (Lipinski definition) is 3. The standard InChI is InChI=1S/C11H9NOS/c14-11-4-2-1-3-10(11)12-7-9-5-6-13-8-9/h1-8,14H. The van der Waals surface area contributed by atoms with Gasteiger partial charge < -0.3 is 4.42 Å². The molecule has 3 heteroatoms. The summed E-state index contributed by atoms with van der Waals surface area (Å²) in [6.45, 7) is 0. The van der Waals surface area contributed by atoms with Crippen LogP contribution in [0.5, 0.6) is 0 Å². The third-order valence-electron chi connectivity index (χ3n) is 1.78. The van der Waals surface area contributed by atoms with E-state index in [1.54, 1.807) is 18.7 Å². The molecule has 2 aromatic rings. The first-order valence-corrected chi connectivity index (χ1v) is 4.65. The number of nitrogens with zero attached hydrogens (tertiary/aromatic N) is 1. The summed E-state index contributed by atoms with van der Waals surface area (Å²) in [5, 5.41) is 0. The van der Waals surface area contributed by atoms with Crippen molar-refractivity contribution >= 4 is 24.5 Å². The van der Waals surface area contributed by atoms with E-state index in [1.807, 2.05) is 30.3 Å². The molecule has 1 aromatic heterocycles. The van der Waals surface area contributed by atoms with E-state index in [2.05, 4.69) is 17.6 Å². The average Bonchev–Trinajstić information content (AvgIpc) is 2.69. The van der Waals surface area contributed by atoms with Gasteiger partial charge in [0.05, 0.1) is 18.2 Å². The highest BCUT2D eigenvalue weighted by Crippen LogP contribution is 2.21. The summed E-state index contributed by atoms with van der Waals surface area (Å²) in [4.78, 5) is 5.15. The Morgan fingerprint density at radius 1 is 1.21 bits per heavy atom. The molecule has 1 aromatic carbocycles. The molecule has 70 valence electrons. The quantitative estimate of drug-likeness (QED) is 0.588. The fraction of sp³-hybridized carbons (Fsp3) is 0. The molecule has 0 spiro atoms. The molecule has 0 radical (unpaired) electrons. The van der Waals surface area contributed by atoms with Crippen molar-refractivity contribution in [3.63, 3.8) is 0 Å². The molecule has 1 heterocycles. The summed E-state index contributed by atoms with van der Waals surface area (Å²) in [5.41, 5.74) is 1.80. The van der Waals surface area contributed by atoms with Gasteiger partial charge in [0.15, 0.2) is 0 Å². The molecule has 0 fully saturated rings. The van der Waals surface area contributed by atoms with E-state index in [4.69, 9.17) is 4.42 Å². The minimum absolute atomic E-state index is 0.858. The second kappa shape index (κ2) is 4.15. The van der Waals surface area contributed by atoms with Gasteiger partial charge in [0.1, 0.15) is 0 Å². The van der Waals surface area contributed by atoms with Gasteiger partial charge in [-0.05, 0) is 18.2 Å². The van der Waals surface area contributed by atoms with E-state index < -0.39 is 0 Å². The lowest BCUT2D eigenvalue weighted by atomic mass is 10.3. The third-order valence-corrected chi connectivity index (χ3v) is 2.16. The number of rotatable bonds is 2. The predicted molar refractivity (Wildman–Crippen MR) is 59.7 cm³/mol. The van der Waals surface area contributed by atoms with Crippen molar-refractivity contribution in [2.45, 2.75) is 4.90 Å². The van der Waals surface area contributed by atoms with Crippen molar-refractivity contribution in [2.24, 2.45) is 4.99 Å². The molecule has 0 aliphatic heterocycles. The van der Waals surface area contributed by atoms with Gasteiger partial charge in [-0.1, -0.05) is 12.1 Å². The van der Waals surface area contributed by atoms with E-state index in [0.717, 1.165) is 16.1 Å². The van der Waals surface area contributed by atoms with Crippen LogP contribution in [0.15, 0.2) is 57.2 Å². The average molecular weight is 203 g/mol. The monoisotopic (exact) mass is 203 g/mol. The molecule has 0 saturated heterocycles. The van der Waals surface area contributed by atoms with Gasteiger partial charge in [-0.2, -0.15) is 0 Å². The van der Waals surface area contributed by atoms with Crippen molar-refractivity contribution in [3.05, 3.63) is 48.4 Å². The van der Waals surface area contributed by atoms with Crippen LogP contribution in [0.4, 0.5) is 5.69 Å². The molecule has 2 nitrogen and oxygen atoms in total. The molecule has 0 atom stereocenters. The molecular weight excluding hydrogens is 194 g/mol. The Labute approximate surface area is 87.7 Å². The summed E-state index contributed by atoms with van der Waals surface area (Å²) in [6, 6.07) is 9.54. The number of benzene rings is 1. The van der Waals surface area contributed by atoms with E-state index in [0.29, 0.717) is 0 Å². The predicted octanol–water partition coefficient (Wildman–Crippen LogP) is 3.32. The minimum atomic E-state index is 0.858. The zero-order valence-electron chi connectivity index (χ0n) is 7.42. The summed E-state index contributed by atoms with van der Waals surface area (Å²) in [5.74, 6) is 0. The van der Waals surface area contributed by atoms with Gasteiger partial charge >= 0.3 is 0 Å². The zero-order chi connectivity index (χ0) is 9.80. The second-order valence-electron chi connectivity index (χ2n) is 2.80. The maximum atomic E-state index is 4.92. The first kappa shape index (κ1) is 9.09. The fourth-order valence-electron chi connectivity index (χ4n) is 1.07. The van der Waals surface area contributed by atoms with Gasteiger partial charge in [-0.15, -0.1) is 12.6 Å². The van der Waals surface area contributed by atoms with Crippen molar-refractivity contribution in [3.8, 4) is 0 Å². The number of furan rings is 1. The van der Waals surface area contributed by atoms with Crippen LogP contribution in [0.1, 0.15) is 5.56 Å². The van der Waals surface area contributed by atoms with Crippen LogP contribution >= 0.6 is 12.6 Å². The highest BCUT2D eigenvalue weighted by atomic mass is 32.1. The van der Waals surface area contributed by atoms with Crippen molar-refractivity contribution in [2.75, 3.05) is 0 Å². The molecule has 0 saturated carbocycles. The number of thiol groups is 1. The Balaban J connectivity index is 2.23. The van der Waals surface area contributed by atoms with Crippen LogP contribution in [0.25, 0.3) is 0 Å². The van der Waals surface area contributed by atoms with Crippen LogP contribution in [0.2, 0.25) is 0 Å². The van der Waals surface area contributed by atoms with Gasteiger partial charge in [-0.3, -0.25) is 4.99 Å². The van der Waals surface area contributed by atoms with Gasteiger partial charge in [0.2, 0.25) is 0 Å². The molecule has 0 aliphatic carbocycles. The Morgan fingerprint density at radius 2 is 2.07 bits per heavy atom. The number of hydrogen-bond donors (Lipinski definition) is 1. The lowest BCUT2D eigenvalue weighted by Crippen LogP contribution is -1.74. The molecule has 0 N–H and O–H groups in total. The summed E-state index contributed by atoms with van der Waals surface area (Å²) < 4.78 is 4.92. The van der Waals surface area contributed by atoms with Crippen LogP contribution in [-0.2, 0) is 0 Å². The summed E-state index contributed by atoms with van der Waals surface area (Å²) in [6.07, 6.45) is 5.01. The summed E-state index contributed by atoms with van der Waals surface area (Å²) >= 11 is 4.29. The van der Waals surface area contributed by atoms with Crippen LogP contribution < -0.4 is 0 Å². The molecule has 14 heavy (non-hydrogen) atoms. The highest BCUT2D eigenvalue weighted by molar-refractivity contribution is 7.80. The molecule has 2 rings (SSSR count). The molecule has 0 bridgehead atoms. The first-order valence-electron chi connectivity index (χ1n) is 4.20. The fourth-order valence-corrected chi connectivity index (χ4v) is 1.28. The van der Waals surface area contributed by atoms with Gasteiger partial charge in [-0.25, -0.2) is 0 Å². The lowest BCUT2D eigenvalue weighted by Gasteiger charge is -1.95. The Bertz CT molecular complexity index is 434. The van der Waals surface area contributed by atoms with Crippen LogP contribution in [0, 0.1) is 0 Å². The highest BCUT2D eigenvalue weighted by Gasteiger charge is 1.93. The van der Waals surface area contributed by atoms with Crippen molar-refractivity contribution in [1.29, 1.82) is 0 Å². The molecule has 0 unspecified atom stereocenters. The Kier molecular flexibility index (Phi) is 2.70. The molecule has 0 aliphatic rings. The van der Waals surface area contributed by atoms with E-state index in [1.165, 1.54) is 0 Å². The third kappa shape index (κ3) is 2.06. The molecular formula is C11H9NOS. The van der Waals surface area contributed by atoms with Gasteiger partial charge in [0, 0.05) is 16.7 Å². The van der Waals surface area contributed by atoms with Gasteiger partial charge in [0.25, 0.3) is 0 Å². The van der Waals surface area contributed by atoms with E-state index >= 15 is 0 Å².